The van der Waals surface area contributed by atoms with Crippen molar-refractivity contribution in [2.45, 2.75) is 19.0 Å². The molecule has 0 amide bonds. The van der Waals surface area contributed by atoms with Crippen molar-refractivity contribution in [3.8, 4) is 0 Å². The molecular formula is C14H14F3N. The Kier molecular flexibility index (Phi) is 3.30. The fraction of sp³-hybridized carbons (Fsp3) is 0.286. The van der Waals surface area contributed by atoms with Crippen LogP contribution in [0, 0.1) is 0 Å². The van der Waals surface area contributed by atoms with E-state index in [1.807, 2.05) is 13.0 Å². The minimum absolute atomic E-state index is 0.0516. The Hall–Kier alpha value is -1.55. The van der Waals surface area contributed by atoms with Crippen molar-refractivity contribution >= 4 is 10.8 Å². The van der Waals surface area contributed by atoms with Crippen LogP contribution in [-0.2, 0) is 6.18 Å². The maximum Gasteiger partial charge on any atom is 0.417 e. The number of hydrogen-bond acceptors (Lipinski definition) is 1. The van der Waals surface area contributed by atoms with E-state index in [0.29, 0.717) is 11.9 Å². The van der Waals surface area contributed by atoms with Crippen LogP contribution in [0.4, 0.5) is 13.2 Å². The van der Waals surface area contributed by atoms with Crippen LogP contribution in [0.2, 0.25) is 0 Å². The predicted octanol–water partition coefficient (Wildman–Crippen LogP) is 3.92. The Morgan fingerprint density at radius 1 is 1.17 bits per heavy atom. The van der Waals surface area contributed by atoms with Crippen LogP contribution in [0.1, 0.15) is 24.0 Å². The zero-order chi connectivity index (χ0) is 13.3. The molecule has 2 rings (SSSR count). The minimum Gasteiger partial charge on any atom is -0.330 e. The van der Waals surface area contributed by atoms with E-state index >= 15 is 0 Å². The lowest BCUT2D eigenvalue weighted by molar-refractivity contribution is -0.136. The zero-order valence-corrected chi connectivity index (χ0v) is 9.96. The molecule has 0 fully saturated rings. The summed E-state index contributed by atoms with van der Waals surface area (Å²) >= 11 is 0. The monoisotopic (exact) mass is 253 g/mol. The normalized spacial score (nSPS) is 13.8. The van der Waals surface area contributed by atoms with E-state index < -0.39 is 11.7 Å². The molecule has 0 saturated carbocycles. The largest absolute Gasteiger partial charge is 0.417 e. The lowest BCUT2D eigenvalue weighted by Gasteiger charge is -2.14. The first-order valence-corrected chi connectivity index (χ1v) is 5.73. The van der Waals surface area contributed by atoms with Gasteiger partial charge in [0.25, 0.3) is 0 Å². The second-order valence-corrected chi connectivity index (χ2v) is 4.42. The first-order valence-electron chi connectivity index (χ1n) is 5.73. The zero-order valence-electron chi connectivity index (χ0n) is 9.96. The number of nitrogens with two attached hydrogens (primary N) is 1. The van der Waals surface area contributed by atoms with Crippen LogP contribution >= 0.6 is 0 Å². The van der Waals surface area contributed by atoms with Gasteiger partial charge in [0.2, 0.25) is 0 Å². The molecule has 0 aliphatic carbocycles. The van der Waals surface area contributed by atoms with Crippen LogP contribution in [0.3, 0.4) is 0 Å². The van der Waals surface area contributed by atoms with Crippen LogP contribution in [0.5, 0.6) is 0 Å². The van der Waals surface area contributed by atoms with Gasteiger partial charge in [-0.05, 0) is 34.9 Å². The number of fused-ring (bicyclic) bond motifs is 1. The number of rotatable bonds is 2. The molecule has 18 heavy (non-hydrogen) atoms. The molecule has 0 aromatic heterocycles. The average Bonchev–Trinajstić information content (AvgIpc) is 2.35. The van der Waals surface area contributed by atoms with Crippen molar-refractivity contribution in [3.05, 3.63) is 47.5 Å². The molecule has 2 aromatic carbocycles. The molecule has 0 aliphatic rings. The molecule has 0 radical (unpaired) electrons. The highest BCUT2D eigenvalue weighted by Gasteiger charge is 2.32. The first-order chi connectivity index (χ1) is 8.43. The Balaban J connectivity index is 2.66. The van der Waals surface area contributed by atoms with Gasteiger partial charge in [-0.2, -0.15) is 13.2 Å². The van der Waals surface area contributed by atoms with Gasteiger partial charge in [0, 0.05) is 0 Å². The minimum atomic E-state index is -4.33. The van der Waals surface area contributed by atoms with Gasteiger partial charge < -0.3 is 5.73 Å². The van der Waals surface area contributed by atoms with E-state index in [-0.39, 0.29) is 11.3 Å². The number of halogens is 3. The molecule has 0 spiro atoms. The maximum atomic E-state index is 12.9. The summed E-state index contributed by atoms with van der Waals surface area (Å²) in [5.41, 5.74) is 5.79. The third-order valence-corrected chi connectivity index (χ3v) is 3.13. The van der Waals surface area contributed by atoms with Crippen LogP contribution in [0.25, 0.3) is 10.8 Å². The smallest absolute Gasteiger partial charge is 0.330 e. The third kappa shape index (κ3) is 2.34. The summed E-state index contributed by atoms with van der Waals surface area (Å²) in [6, 6.07) is 9.36. The lowest BCUT2D eigenvalue weighted by atomic mass is 9.95. The van der Waals surface area contributed by atoms with Gasteiger partial charge in [0.1, 0.15) is 0 Å². The standard InChI is InChI=1S/C14H14F3N/c1-9(8-18)11-6-5-10-3-2-4-13(12(10)7-11)14(15,16)17/h2-7,9H,8,18H2,1H3. The van der Waals surface area contributed by atoms with Gasteiger partial charge in [-0.15, -0.1) is 0 Å². The Morgan fingerprint density at radius 3 is 2.50 bits per heavy atom. The second-order valence-electron chi connectivity index (χ2n) is 4.42. The molecule has 0 saturated heterocycles. The highest BCUT2D eigenvalue weighted by Crippen LogP contribution is 2.35. The molecule has 2 aromatic rings. The summed E-state index contributed by atoms with van der Waals surface area (Å²) in [6.07, 6.45) is -4.33. The Bertz CT molecular complexity index is 560. The molecule has 1 unspecified atom stereocenters. The van der Waals surface area contributed by atoms with Crippen LogP contribution in [0.15, 0.2) is 36.4 Å². The van der Waals surface area contributed by atoms with Gasteiger partial charge in [0.05, 0.1) is 5.56 Å². The third-order valence-electron chi connectivity index (χ3n) is 3.13. The molecule has 0 heterocycles. The van der Waals surface area contributed by atoms with E-state index in [2.05, 4.69) is 0 Å². The number of hydrogen-bond donors (Lipinski definition) is 1. The molecule has 0 bridgehead atoms. The fourth-order valence-corrected chi connectivity index (χ4v) is 1.98. The average molecular weight is 253 g/mol. The van der Waals surface area contributed by atoms with Crippen LogP contribution in [-0.4, -0.2) is 6.54 Å². The van der Waals surface area contributed by atoms with Gasteiger partial charge in [-0.1, -0.05) is 37.3 Å². The summed E-state index contributed by atoms with van der Waals surface area (Å²) in [7, 11) is 0. The van der Waals surface area contributed by atoms with E-state index in [9.17, 15) is 13.2 Å². The molecule has 4 heteroatoms. The molecule has 1 atom stereocenters. The molecule has 96 valence electrons. The molecule has 1 nitrogen and oxygen atoms in total. The topological polar surface area (TPSA) is 26.0 Å². The van der Waals surface area contributed by atoms with Crippen molar-refractivity contribution in [3.63, 3.8) is 0 Å². The van der Waals surface area contributed by atoms with E-state index in [4.69, 9.17) is 5.73 Å². The van der Waals surface area contributed by atoms with E-state index in [1.165, 1.54) is 6.07 Å². The summed E-state index contributed by atoms with van der Waals surface area (Å²) in [6.45, 7) is 2.32. The van der Waals surface area contributed by atoms with Crippen molar-refractivity contribution in [1.29, 1.82) is 0 Å². The van der Waals surface area contributed by atoms with E-state index in [1.54, 1.807) is 18.2 Å². The summed E-state index contributed by atoms with van der Waals surface area (Å²) in [5.74, 6) is 0.0516. The number of alkyl halides is 3. The van der Waals surface area contributed by atoms with Crippen molar-refractivity contribution in [2.24, 2.45) is 5.73 Å². The number of benzene rings is 2. The van der Waals surface area contributed by atoms with Crippen molar-refractivity contribution < 1.29 is 13.2 Å². The summed E-state index contributed by atoms with van der Waals surface area (Å²) in [4.78, 5) is 0. The molecule has 2 N–H and O–H groups in total. The first kappa shape index (κ1) is 12.9. The Morgan fingerprint density at radius 2 is 1.89 bits per heavy atom. The van der Waals surface area contributed by atoms with Gasteiger partial charge in [-0.25, -0.2) is 0 Å². The SMILES string of the molecule is CC(CN)c1ccc2cccc(C(F)(F)F)c2c1. The Labute approximate surface area is 103 Å². The highest BCUT2D eigenvalue weighted by atomic mass is 19.4. The molecule has 0 aliphatic heterocycles. The van der Waals surface area contributed by atoms with Crippen molar-refractivity contribution in [2.75, 3.05) is 6.54 Å². The van der Waals surface area contributed by atoms with E-state index in [0.717, 1.165) is 11.6 Å². The lowest BCUT2D eigenvalue weighted by Crippen LogP contribution is -2.09. The fourth-order valence-electron chi connectivity index (χ4n) is 1.98. The summed E-state index contributed by atoms with van der Waals surface area (Å²) < 4.78 is 38.7. The van der Waals surface area contributed by atoms with Crippen LogP contribution < -0.4 is 5.73 Å². The van der Waals surface area contributed by atoms with Gasteiger partial charge in [-0.3, -0.25) is 0 Å². The maximum absolute atomic E-state index is 12.9. The van der Waals surface area contributed by atoms with Gasteiger partial charge >= 0.3 is 6.18 Å². The van der Waals surface area contributed by atoms with Crippen molar-refractivity contribution in [1.82, 2.24) is 0 Å². The summed E-state index contributed by atoms with van der Waals surface area (Å²) in [5, 5.41) is 0.834. The molecular weight excluding hydrogens is 239 g/mol. The highest BCUT2D eigenvalue weighted by molar-refractivity contribution is 5.87. The predicted molar refractivity (Wildman–Crippen MR) is 66.4 cm³/mol. The second kappa shape index (κ2) is 4.61. The van der Waals surface area contributed by atoms with Gasteiger partial charge in [0.15, 0.2) is 0 Å². The quantitative estimate of drug-likeness (QED) is 0.862.